The normalized spacial score (nSPS) is 18.1. The Morgan fingerprint density at radius 2 is 1.84 bits per heavy atom. The summed E-state index contributed by atoms with van der Waals surface area (Å²) in [6.07, 6.45) is 0.572. The van der Waals surface area contributed by atoms with E-state index in [0.717, 1.165) is 31.7 Å². The Bertz CT molecular complexity index is 486. The number of hydrogen-bond acceptors (Lipinski definition) is 2. The predicted octanol–water partition coefficient (Wildman–Crippen LogP) is 4.27. The quantitative estimate of drug-likeness (QED) is 0.595. The maximum absolute atomic E-state index is 13.0. The molecule has 0 aromatic heterocycles. The average Bonchev–Trinajstić information content (AvgIpc) is 2.88. The molecule has 1 aromatic carbocycles. The van der Waals surface area contributed by atoms with E-state index in [1.165, 1.54) is 18.2 Å². The molecule has 1 saturated carbocycles. The minimum Gasteiger partial charge on any atom is -0.211 e. The van der Waals surface area contributed by atoms with E-state index in [1.54, 1.807) is 6.07 Å². The molecule has 102 valence electrons. The van der Waals surface area contributed by atoms with Gasteiger partial charge in [-0.2, -0.15) is 18.2 Å². The van der Waals surface area contributed by atoms with Crippen LogP contribution >= 0.6 is 0 Å². The Balaban J connectivity index is 2.44. The van der Waals surface area contributed by atoms with Crippen LogP contribution in [0.1, 0.15) is 42.9 Å². The molecule has 0 N–H and O–H groups in total. The van der Waals surface area contributed by atoms with Crippen LogP contribution in [0.5, 0.6) is 0 Å². The van der Waals surface area contributed by atoms with Gasteiger partial charge in [0.05, 0.1) is 11.6 Å². The molecule has 1 aliphatic carbocycles. The summed E-state index contributed by atoms with van der Waals surface area (Å²) in [5, 5.41) is 0. The van der Waals surface area contributed by atoms with Gasteiger partial charge in [0.25, 0.3) is 0 Å². The Hall–Kier alpha value is -1.61. The highest BCUT2D eigenvalue weighted by atomic mass is 19.4. The van der Waals surface area contributed by atoms with Crippen LogP contribution in [0.25, 0.3) is 0 Å². The molecule has 2 nitrogen and oxygen atoms in total. The third-order valence-corrected chi connectivity index (χ3v) is 3.62. The third kappa shape index (κ3) is 3.04. The highest BCUT2D eigenvalue weighted by Gasteiger charge is 2.37. The number of isocyanates is 1. The van der Waals surface area contributed by atoms with Crippen molar-refractivity contribution in [2.24, 2.45) is 10.9 Å². The first kappa shape index (κ1) is 13.8. The largest absolute Gasteiger partial charge is 0.416 e. The van der Waals surface area contributed by atoms with Crippen molar-refractivity contribution in [3.63, 3.8) is 0 Å². The molecule has 19 heavy (non-hydrogen) atoms. The van der Waals surface area contributed by atoms with Crippen LogP contribution in [-0.2, 0) is 11.0 Å². The van der Waals surface area contributed by atoms with E-state index in [0.29, 0.717) is 0 Å². The van der Waals surface area contributed by atoms with E-state index in [4.69, 9.17) is 0 Å². The molecule has 1 aliphatic rings. The summed E-state index contributed by atoms with van der Waals surface area (Å²) in [4.78, 5) is 14.2. The fourth-order valence-electron chi connectivity index (χ4n) is 2.77. The molecule has 1 aromatic rings. The lowest BCUT2D eigenvalue weighted by Gasteiger charge is -2.22. The lowest BCUT2D eigenvalue weighted by atomic mass is 9.89. The first-order valence-electron chi connectivity index (χ1n) is 6.27. The molecule has 2 rings (SSSR count). The van der Waals surface area contributed by atoms with Crippen LogP contribution in [0.3, 0.4) is 0 Å². The van der Waals surface area contributed by atoms with E-state index in [1.807, 2.05) is 0 Å². The Morgan fingerprint density at radius 3 is 2.42 bits per heavy atom. The fourth-order valence-corrected chi connectivity index (χ4v) is 2.77. The summed E-state index contributed by atoms with van der Waals surface area (Å²) >= 11 is 0. The van der Waals surface area contributed by atoms with Crippen molar-refractivity contribution in [3.8, 4) is 0 Å². The number of hydrogen-bond donors (Lipinski definition) is 0. The Morgan fingerprint density at radius 1 is 1.21 bits per heavy atom. The predicted molar refractivity (Wildman–Crippen MR) is 64.3 cm³/mol. The standard InChI is InChI=1S/C14H14F3NO/c15-14(16,17)12-8-4-3-7-11(12)13(18-9-19)10-5-1-2-6-10/h3-4,7-8,10,13H,1-2,5-6H2. The van der Waals surface area contributed by atoms with Crippen molar-refractivity contribution in [1.82, 2.24) is 0 Å². The van der Waals surface area contributed by atoms with Gasteiger partial charge in [-0.3, -0.25) is 0 Å². The van der Waals surface area contributed by atoms with Crippen molar-refractivity contribution in [2.45, 2.75) is 37.9 Å². The summed E-state index contributed by atoms with van der Waals surface area (Å²) in [7, 11) is 0. The summed E-state index contributed by atoms with van der Waals surface area (Å²) in [6, 6.07) is 4.62. The minimum atomic E-state index is -4.42. The van der Waals surface area contributed by atoms with E-state index >= 15 is 0 Å². The molecule has 0 bridgehead atoms. The number of alkyl halides is 3. The highest BCUT2D eigenvalue weighted by molar-refractivity contribution is 5.39. The van der Waals surface area contributed by atoms with Crippen LogP contribution in [0.4, 0.5) is 13.2 Å². The zero-order valence-corrected chi connectivity index (χ0v) is 10.3. The maximum atomic E-state index is 13.0. The van der Waals surface area contributed by atoms with Crippen LogP contribution in [0, 0.1) is 5.92 Å². The minimum absolute atomic E-state index is 0.00458. The fraction of sp³-hybridized carbons (Fsp3) is 0.500. The molecule has 0 heterocycles. The van der Waals surface area contributed by atoms with Crippen molar-refractivity contribution < 1.29 is 18.0 Å². The molecule has 1 atom stereocenters. The molecular formula is C14H14F3NO. The second-order valence-electron chi connectivity index (χ2n) is 4.79. The van der Waals surface area contributed by atoms with Crippen molar-refractivity contribution in [3.05, 3.63) is 35.4 Å². The number of carbonyl (C=O) groups excluding carboxylic acids is 1. The van der Waals surface area contributed by atoms with Crippen molar-refractivity contribution in [2.75, 3.05) is 0 Å². The number of benzene rings is 1. The van der Waals surface area contributed by atoms with Gasteiger partial charge in [0.15, 0.2) is 0 Å². The SMILES string of the molecule is O=C=NC(c1ccccc1C(F)(F)F)C1CCCC1. The van der Waals surface area contributed by atoms with Crippen LogP contribution in [0.15, 0.2) is 29.3 Å². The summed E-state index contributed by atoms with van der Waals surface area (Å²) in [6.45, 7) is 0. The number of rotatable bonds is 3. The van der Waals surface area contributed by atoms with Gasteiger partial charge in [-0.1, -0.05) is 31.0 Å². The molecule has 1 fully saturated rings. The smallest absolute Gasteiger partial charge is 0.211 e. The van der Waals surface area contributed by atoms with E-state index in [2.05, 4.69) is 4.99 Å². The lowest BCUT2D eigenvalue weighted by Crippen LogP contribution is -2.15. The molecule has 5 heteroatoms. The molecular weight excluding hydrogens is 255 g/mol. The van der Waals surface area contributed by atoms with Gasteiger partial charge in [0.2, 0.25) is 6.08 Å². The lowest BCUT2D eigenvalue weighted by molar-refractivity contribution is -0.138. The van der Waals surface area contributed by atoms with Crippen molar-refractivity contribution in [1.29, 1.82) is 0 Å². The van der Waals surface area contributed by atoms with Gasteiger partial charge < -0.3 is 0 Å². The van der Waals surface area contributed by atoms with E-state index < -0.39 is 17.8 Å². The van der Waals surface area contributed by atoms with Crippen molar-refractivity contribution >= 4 is 6.08 Å². The van der Waals surface area contributed by atoms with Gasteiger partial charge in [0, 0.05) is 0 Å². The molecule has 0 spiro atoms. The number of aliphatic imine (C=N–C) groups is 1. The summed E-state index contributed by atoms with van der Waals surface area (Å²) in [5.74, 6) is 0.00458. The maximum Gasteiger partial charge on any atom is 0.416 e. The zero-order chi connectivity index (χ0) is 13.9. The topological polar surface area (TPSA) is 29.4 Å². The Labute approximate surface area is 109 Å². The second-order valence-corrected chi connectivity index (χ2v) is 4.79. The van der Waals surface area contributed by atoms with Crippen LogP contribution in [0.2, 0.25) is 0 Å². The Kier molecular flexibility index (Phi) is 4.05. The van der Waals surface area contributed by atoms with Crippen LogP contribution < -0.4 is 0 Å². The van der Waals surface area contributed by atoms with Gasteiger partial charge in [-0.25, -0.2) is 4.79 Å². The summed E-state index contributed by atoms with van der Waals surface area (Å²) < 4.78 is 39.0. The average molecular weight is 269 g/mol. The molecule has 0 radical (unpaired) electrons. The molecule has 0 saturated heterocycles. The monoisotopic (exact) mass is 269 g/mol. The molecule has 0 amide bonds. The number of nitrogens with zero attached hydrogens (tertiary/aromatic N) is 1. The number of halogens is 3. The first-order valence-corrected chi connectivity index (χ1v) is 6.27. The van der Waals surface area contributed by atoms with Gasteiger partial charge in [-0.05, 0) is 30.4 Å². The summed E-state index contributed by atoms with van der Waals surface area (Å²) in [5.41, 5.74) is -0.615. The second kappa shape index (κ2) is 5.57. The van der Waals surface area contributed by atoms with Gasteiger partial charge in [0.1, 0.15) is 0 Å². The molecule has 1 unspecified atom stereocenters. The highest BCUT2D eigenvalue weighted by Crippen LogP contribution is 2.42. The van der Waals surface area contributed by atoms with Crippen LogP contribution in [-0.4, -0.2) is 6.08 Å². The third-order valence-electron chi connectivity index (χ3n) is 3.62. The van der Waals surface area contributed by atoms with E-state index in [-0.39, 0.29) is 11.5 Å². The first-order chi connectivity index (χ1) is 9.04. The molecule has 0 aliphatic heterocycles. The zero-order valence-electron chi connectivity index (χ0n) is 10.3. The van der Waals surface area contributed by atoms with Gasteiger partial charge >= 0.3 is 6.18 Å². The van der Waals surface area contributed by atoms with E-state index in [9.17, 15) is 18.0 Å². The van der Waals surface area contributed by atoms with Gasteiger partial charge in [-0.15, -0.1) is 0 Å².